The minimum atomic E-state index is -0.606. The Kier molecular flexibility index (Phi) is 5.82. The fourth-order valence-electron chi connectivity index (χ4n) is 3.29. The van der Waals surface area contributed by atoms with Gasteiger partial charge in [0, 0.05) is 24.2 Å². The van der Waals surface area contributed by atoms with Crippen molar-refractivity contribution in [3.05, 3.63) is 53.7 Å². The first kappa shape index (κ1) is 17.6. The molecule has 1 amide bonds. The largest absolute Gasteiger partial charge is 0.387 e. The molecule has 1 aromatic heterocycles. The number of amides is 1. The molecule has 3 rings (SSSR count). The maximum Gasteiger partial charge on any atom is 0.253 e. The summed E-state index contributed by atoms with van der Waals surface area (Å²) in [4.78, 5) is 19.4. The third-order valence-electron chi connectivity index (χ3n) is 4.75. The molecule has 2 aromatic rings. The number of hydrogen-bond acceptors (Lipinski definition) is 3. The fourth-order valence-corrected chi connectivity index (χ4v) is 3.29. The summed E-state index contributed by atoms with van der Waals surface area (Å²) in [5.74, 6) is 0.107. The van der Waals surface area contributed by atoms with E-state index in [-0.39, 0.29) is 5.91 Å². The summed E-state index contributed by atoms with van der Waals surface area (Å²) >= 11 is 0. The van der Waals surface area contributed by atoms with Crippen molar-refractivity contribution in [3.8, 4) is 11.3 Å². The van der Waals surface area contributed by atoms with Crippen LogP contribution in [-0.2, 0) is 0 Å². The molecular weight excluding hydrogens is 312 g/mol. The van der Waals surface area contributed by atoms with Gasteiger partial charge in [0.25, 0.3) is 5.91 Å². The number of aromatic nitrogens is 1. The van der Waals surface area contributed by atoms with Gasteiger partial charge in [-0.05, 0) is 44.0 Å². The molecule has 1 aliphatic heterocycles. The van der Waals surface area contributed by atoms with Crippen molar-refractivity contribution < 1.29 is 9.90 Å². The highest BCUT2D eigenvalue weighted by atomic mass is 16.3. The molecular formula is C21H26N2O2. The van der Waals surface area contributed by atoms with Gasteiger partial charge < -0.3 is 10.0 Å². The van der Waals surface area contributed by atoms with Gasteiger partial charge in [0.1, 0.15) is 0 Å². The van der Waals surface area contributed by atoms with E-state index in [1.807, 2.05) is 47.4 Å². The van der Waals surface area contributed by atoms with Crippen molar-refractivity contribution in [2.24, 2.45) is 0 Å². The lowest BCUT2D eigenvalue weighted by molar-refractivity contribution is 0.0742. The molecule has 1 fully saturated rings. The number of pyridine rings is 1. The number of carbonyl (C=O) groups excluding carboxylic acids is 1. The Morgan fingerprint density at radius 2 is 1.72 bits per heavy atom. The van der Waals surface area contributed by atoms with Crippen LogP contribution in [-0.4, -0.2) is 34.0 Å². The molecule has 1 saturated heterocycles. The first-order valence-corrected chi connectivity index (χ1v) is 9.20. The van der Waals surface area contributed by atoms with Crippen LogP contribution in [0.4, 0.5) is 0 Å². The molecule has 4 heteroatoms. The molecule has 1 atom stereocenters. The van der Waals surface area contributed by atoms with Crippen LogP contribution in [0.3, 0.4) is 0 Å². The zero-order chi connectivity index (χ0) is 17.6. The van der Waals surface area contributed by atoms with Gasteiger partial charge in [-0.2, -0.15) is 0 Å². The number of nitrogens with zero attached hydrogens (tertiary/aromatic N) is 2. The molecule has 0 saturated carbocycles. The summed E-state index contributed by atoms with van der Waals surface area (Å²) in [5, 5.41) is 9.73. The van der Waals surface area contributed by atoms with Gasteiger partial charge in [0.2, 0.25) is 0 Å². The first-order chi connectivity index (χ1) is 12.1. The maximum atomic E-state index is 12.9. The van der Waals surface area contributed by atoms with E-state index in [0.717, 1.165) is 37.2 Å². The predicted molar refractivity (Wildman–Crippen MR) is 99.3 cm³/mol. The van der Waals surface area contributed by atoms with Crippen LogP contribution in [0.2, 0.25) is 0 Å². The van der Waals surface area contributed by atoms with E-state index in [0.29, 0.717) is 11.3 Å². The average molecular weight is 338 g/mol. The van der Waals surface area contributed by atoms with Crippen molar-refractivity contribution in [3.63, 3.8) is 0 Å². The number of aliphatic hydroxyl groups excluding tert-OH is 1. The van der Waals surface area contributed by atoms with E-state index in [1.165, 1.54) is 19.3 Å². The standard InChI is InChI=1S/C21H26N2O2/c1-16(24)19-11-8-12-20(22-19)17-9-7-10-18(15-17)21(25)23-13-5-3-2-4-6-14-23/h7-12,15-16,24H,2-6,13-14H2,1H3/t16-/m1/s1. The van der Waals surface area contributed by atoms with Crippen LogP contribution in [0, 0.1) is 0 Å². The van der Waals surface area contributed by atoms with Gasteiger partial charge >= 0.3 is 0 Å². The molecule has 0 aliphatic carbocycles. The summed E-state index contributed by atoms with van der Waals surface area (Å²) in [7, 11) is 0. The van der Waals surface area contributed by atoms with Gasteiger partial charge in [-0.25, -0.2) is 0 Å². The third-order valence-corrected chi connectivity index (χ3v) is 4.75. The van der Waals surface area contributed by atoms with Crippen molar-refractivity contribution in [2.75, 3.05) is 13.1 Å². The second-order valence-electron chi connectivity index (χ2n) is 6.76. The Labute approximate surface area is 149 Å². The highest BCUT2D eigenvalue weighted by Gasteiger charge is 2.17. The first-order valence-electron chi connectivity index (χ1n) is 9.20. The highest BCUT2D eigenvalue weighted by Crippen LogP contribution is 2.22. The van der Waals surface area contributed by atoms with Gasteiger partial charge in [0.15, 0.2) is 0 Å². The third kappa shape index (κ3) is 4.45. The van der Waals surface area contributed by atoms with Crippen LogP contribution in [0.5, 0.6) is 0 Å². The van der Waals surface area contributed by atoms with Crippen molar-refractivity contribution in [1.82, 2.24) is 9.88 Å². The number of hydrogen-bond donors (Lipinski definition) is 1. The van der Waals surface area contributed by atoms with E-state index in [1.54, 1.807) is 6.92 Å². The predicted octanol–water partition coefficient (Wildman–Crippen LogP) is 4.21. The molecule has 0 radical (unpaired) electrons. The monoisotopic (exact) mass is 338 g/mol. The van der Waals surface area contributed by atoms with Crippen LogP contribution >= 0.6 is 0 Å². The Hall–Kier alpha value is -2.20. The number of rotatable bonds is 3. The summed E-state index contributed by atoms with van der Waals surface area (Å²) in [5.41, 5.74) is 3.03. The quantitative estimate of drug-likeness (QED) is 0.912. The number of likely N-dealkylation sites (tertiary alicyclic amines) is 1. The average Bonchev–Trinajstić information content (AvgIpc) is 2.61. The molecule has 2 heterocycles. The molecule has 25 heavy (non-hydrogen) atoms. The zero-order valence-electron chi connectivity index (χ0n) is 14.8. The summed E-state index contributed by atoms with van der Waals surface area (Å²) < 4.78 is 0. The van der Waals surface area contributed by atoms with E-state index in [9.17, 15) is 9.90 Å². The minimum Gasteiger partial charge on any atom is -0.387 e. The second kappa shape index (κ2) is 8.26. The molecule has 1 aromatic carbocycles. The smallest absolute Gasteiger partial charge is 0.253 e. The molecule has 132 valence electrons. The van der Waals surface area contributed by atoms with E-state index >= 15 is 0 Å². The number of carbonyl (C=O) groups is 1. The van der Waals surface area contributed by atoms with E-state index in [4.69, 9.17) is 0 Å². The van der Waals surface area contributed by atoms with Gasteiger partial charge in [-0.1, -0.05) is 37.5 Å². The Morgan fingerprint density at radius 3 is 2.44 bits per heavy atom. The Balaban J connectivity index is 1.83. The van der Waals surface area contributed by atoms with E-state index < -0.39 is 6.10 Å². The number of aliphatic hydroxyl groups is 1. The molecule has 1 N–H and O–H groups in total. The van der Waals surface area contributed by atoms with Crippen molar-refractivity contribution in [2.45, 2.75) is 45.1 Å². The van der Waals surface area contributed by atoms with E-state index in [2.05, 4.69) is 4.98 Å². The molecule has 1 aliphatic rings. The highest BCUT2D eigenvalue weighted by molar-refractivity contribution is 5.95. The van der Waals surface area contributed by atoms with Crippen LogP contribution in [0.1, 0.15) is 61.2 Å². The fraction of sp³-hybridized carbons (Fsp3) is 0.429. The summed E-state index contributed by atoms with van der Waals surface area (Å²) in [6.07, 6.45) is 5.26. The lowest BCUT2D eigenvalue weighted by Crippen LogP contribution is -2.33. The van der Waals surface area contributed by atoms with Gasteiger partial charge in [-0.15, -0.1) is 0 Å². The van der Waals surface area contributed by atoms with Crippen LogP contribution in [0.15, 0.2) is 42.5 Å². The van der Waals surface area contributed by atoms with Crippen molar-refractivity contribution >= 4 is 5.91 Å². The molecule has 0 bridgehead atoms. The minimum absolute atomic E-state index is 0.107. The van der Waals surface area contributed by atoms with Gasteiger partial charge in [-0.3, -0.25) is 9.78 Å². The van der Waals surface area contributed by atoms with Crippen LogP contribution in [0.25, 0.3) is 11.3 Å². The number of benzene rings is 1. The summed E-state index contributed by atoms with van der Waals surface area (Å²) in [6.45, 7) is 3.39. The molecule has 0 spiro atoms. The molecule has 4 nitrogen and oxygen atoms in total. The van der Waals surface area contributed by atoms with Crippen molar-refractivity contribution in [1.29, 1.82) is 0 Å². The lowest BCUT2D eigenvalue weighted by Gasteiger charge is -2.25. The normalized spacial score (nSPS) is 16.8. The summed E-state index contributed by atoms with van der Waals surface area (Å²) in [6, 6.07) is 13.3. The zero-order valence-corrected chi connectivity index (χ0v) is 14.8. The Bertz CT molecular complexity index is 719. The molecule has 0 unspecified atom stereocenters. The second-order valence-corrected chi connectivity index (χ2v) is 6.76. The Morgan fingerprint density at radius 1 is 1.04 bits per heavy atom. The lowest BCUT2D eigenvalue weighted by atomic mass is 10.0. The van der Waals surface area contributed by atoms with Crippen LogP contribution < -0.4 is 0 Å². The SMILES string of the molecule is C[C@@H](O)c1cccc(-c2cccc(C(=O)N3CCCCCCC3)c2)n1. The topological polar surface area (TPSA) is 53.4 Å². The maximum absolute atomic E-state index is 12.9. The van der Waals surface area contributed by atoms with Gasteiger partial charge in [0.05, 0.1) is 17.5 Å².